The number of carbonyl (C=O) groups is 1. The van der Waals surface area contributed by atoms with Gasteiger partial charge < -0.3 is 9.30 Å². The van der Waals surface area contributed by atoms with Crippen LogP contribution >= 0.6 is 39.0 Å². The molecule has 8 nitrogen and oxygen atoms in total. The van der Waals surface area contributed by atoms with Crippen LogP contribution in [-0.4, -0.2) is 36.6 Å². The summed E-state index contributed by atoms with van der Waals surface area (Å²) in [6, 6.07) is 7.60. The lowest BCUT2D eigenvalue weighted by molar-refractivity contribution is -0.113. The molecule has 28 heavy (non-hydrogen) atoms. The highest BCUT2D eigenvalue weighted by Crippen LogP contribution is 2.25. The zero-order chi connectivity index (χ0) is 20.1. The summed E-state index contributed by atoms with van der Waals surface area (Å²) in [6.45, 7) is 3.91. The normalized spacial score (nSPS) is 12.0. The van der Waals surface area contributed by atoms with E-state index in [1.54, 1.807) is 0 Å². The SMILES string of the molecule is CCc1nnc(NC(=O)CSc2nnc(C(C)Oc3ccc(Br)cc3)n2C)s1. The van der Waals surface area contributed by atoms with Crippen molar-refractivity contribution in [3.8, 4) is 5.75 Å². The quantitative estimate of drug-likeness (QED) is 0.486. The largest absolute Gasteiger partial charge is 0.483 e. The molecular formula is C17H19BrN6O2S2. The molecular weight excluding hydrogens is 464 g/mol. The smallest absolute Gasteiger partial charge is 0.236 e. The Morgan fingerprint density at radius 2 is 2.04 bits per heavy atom. The van der Waals surface area contributed by atoms with Gasteiger partial charge in [-0.2, -0.15) is 0 Å². The highest BCUT2D eigenvalue weighted by Gasteiger charge is 2.18. The minimum Gasteiger partial charge on any atom is -0.483 e. The Hall–Kier alpha value is -1.98. The predicted octanol–water partition coefficient (Wildman–Crippen LogP) is 3.86. The molecule has 1 aromatic carbocycles. The van der Waals surface area contributed by atoms with Crippen LogP contribution in [0.2, 0.25) is 0 Å². The first-order valence-electron chi connectivity index (χ1n) is 8.52. The molecule has 3 rings (SSSR count). The second-order valence-corrected chi connectivity index (χ2v) is 8.73. The summed E-state index contributed by atoms with van der Waals surface area (Å²) in [5, 5.41) is 21.1. The van der Waals surface area contributed by atoms with Crippen LogP contribution in [0.4, 0.5) is 5.13 Å². The fraction of sp³-hybridized carbons (Fsp3) is 0.353. The summed E-state index contributed by atoms with van der Waals surface area (Å²) in [5.41, 5.74) is 0. The standard InChI is InChI=1S/C17H19BrN6O2S2/c1-4-14-20-22-16(28-14)19-13(25)9-27-17-23-21-15(24(17)3)10(2)26-12-7-5-11(18)6-8-12/h5-8,10H,4,9H2,1-3H3,(H,19,22,25). The van der Waals surface area contributed by atoms with E-state index in [0.29, 0.717) is 16.1 Å². The number of thioether (sulfide) groups is 1. The van der Waals surface area contributed by atoms with Crippen LogP contribution < -0.4 is 10.1 Å². The van der Waals surface area contributed by atoms with Gasteiger partial charge in [0, 0.05) is 11.5 Å². The summed E-state index contributed by atoms with van der Waals surface area (Å²) < 4.78 is 8.74. The molecule has 2 heterocycles. The van der Waals surface area contributed by atoms with Gasteiger partial charge in [-0.15, -0.1) is 20.4 Å². The maximum Gasteiger partial charge on any atom is 0.236 e. The van der Waals surface area contributed by atoms with Gasteiger partial charge in [0.05, 0.1) is 5.75 Å². The van der Waals surface area contributed by atoms with Crippen molar-refractivity contribution in [2.75, 3.05) is 11.1 Å². The number of halogens is 1. The molecule has 0 saturated heterocycles. The summed E-state index contributed by atoms with van der Waals surface area (Å²) in [5.74, 6) is 1.47. The van der Waals surface area contributed by atoms with Crippen LogP contribution in [-0.2, 0) is 18.3 Å². The fourth-order valence-electron chi connectivity index (χ4n) is 2.31. The molecule has 11 heteroatoms. The predicted molar refractivity (Wildman–Crippen MR) is 113 cm³/mol. The molecule has 1 atom stereocenters. The van der Waals surface area contributed by atoms with Crippen molar-refractivity contribution in [1.29, 1.82) is 0 Å². The van der Waals surface area contributed by atoms with E-state index in [4.69, 9.17) is 4.74 Å². The van der Waals surface area contributed by atoms with E-state index in [0.717, 1.165) is 21.7 Å². The molecule has 1 N–H and O–H groups in total. The fourth-order valence-corrected chi connectivity index (χ4v) is 3.99. The van der Waals surface area contributed by atoms with Crippen molar-refractivity contribution in [3.63, 3.8) is 0 Å². The van der Waals surface area contributed by atoms with E-state index in [9.17, 15) is 4.79 Å². The van der Waals surface area contributed by atoms with Crippen molar-refractivity contribution >= 4 is 50.1 Å². The number of ether oxygens (including phenoxy) is 1. The van der Waals surface area contributed by atoms with E-state index < -0.39 is 0 Å². The number of nitrogens with one attached hydrogen (secondary N) is 1. The van der Waals surface area contributed by atoms with Gasteiger partial charge in [-0.05, 0) is 37.6 Å². The van der Waals surface area contributed by atoms with E-state index in [1.807, 2.05) is 49.7 Å². The number of aromatic nitrogens is 5. The summed E-state index contributed by atoms with van der Waals surface area (Å²) in [4.78, 5) is 12.1. The number of amides is 1. The monoisotopic (exact) mass is 482 g/mol. The molecule has 2 aromatic heterocycles. The molecule has 0 aliphatic carbocycles. The minimum atomic E-state index is -0.282. The minimum absolute atomic E-state index is 0.160. The van der Waals surface area contributed by atoms with Crippen LogP contribution in [0.3, 0.4) is 0 Å². The Balaban J connectivity index is 1.56. The molecule has 1 amide bonds. The molecule has 0 aliphatic heterocycles. The average molecular weight is 483 g/mol. The third kappa shape index (κ3) is 5.30. The number of nitrogens with zero attached hydrogens (tertiary/aromatic N) is 5. The number of hydrogen-bond acceptors (Lipinski definition) is 8. The third-order valence-corrected chi connectivity index (χ3v) is 6.24. The van der Waals surface area contributed by atoms with Crippen molar-refractivity contribution in [2.24, 2.45) is 7.05 Å². The van der Waals surface area contributed by atoms with Crippen molar-refractivity contribution in [2.45, 2.75) is 31.5 Å². The van der Waals surface area contributed by atoms with Gasteiger partial charge in [-0.25, -0.2) is 0 Å². The average Bonchev–Trinajstić information content (AvgIpc) is 3.28. The van der Waals surface area contributed by atoms with E-state index >= 15 is 0 Å². The Bertz CT molecular complexity index is 944. The zero-order valence-electron chi connectivity index (χ0n) is 15.5. The molecule has 148 valence electrons. The van der Waals surface area contributed by atoms with Crippen LogP contribution in [0.15, 0.2) is 33.9 Å². The van der Waals surface area contributed by atoms with Crippen molar-refractivity contribution in [1.82, 2.24) is 25.0 Å². The van der Waals surface area contributed by atoms with Crippen molar-refractivity contribution in [3.05, 3.63) is 39.6 Å². The van der Waals surface area contributed by atoms with Gasteiger partial charge in [0.2, 0.25) is 11.0 Å². The van der Waals surface area contributed by atoms with Gasteiger partial charge in [0.15, 0.2) is 17.1 Å². The Labute approximate surface area is 179 Å². The Kier molecular flexibility index (Phi) is 7.03. The number of anilines is 1. The molecule has 0 bridgehead atoms. The highest BCUT2D eigenvalue weighted by molar-refractivity contribution is 9.10. The molecule has 3 aromatic rings. The van der Waals surface area contributed by atoms with E-state index in [-0.39, 0.29) is 17.8 Å². The van der Waals surface area contributed by atoms with Crippen molar-refractivity contribution < 1.29 is 9.53 Å². The third-order valence-electron chi connectivity index (χ3n) is 3.71. The number of rotatable bonds is 8. The van der Waals surface area contributed by atoms with Crippen LogP contribution in [0, 0.1) is 0 Å². The first kappa shape index (κ1) is 20.7. The van der Waals surface area contributed by atoms with Crippen LogP contribution in [0.5, 0.6) is 5.75 Å². The van der Waals surface area contributed by atoms with E-state index in [2.05, 4.69) is 41.6 Å². The molecule has 0 aliphatic rings. The summed E-state index contributed by atoms with van der Waals surface area (Å²) in [7, 11) is 1.86. The summed E-state index contributed by atoms with van der Waals surface area (Å²) >= 11 is 6.09. The van der Waals surface area contributed by atoms with Gasteiger partial charge >= 0.3 is 0 Å². The topological polar surface area (TPSA) is 94.8 Å². The molecule has 1 unspecified atom stereocenters. The molecule has 0 spiro atoms. The number of carbonyl (C=O) groups excluding carboxylic acids is 1. The maximum atomic E-state index is 12.1. The van der Waals surface area contributed by atoms with Gasteiger partial charge in [-0.3, -0.25) is 10.1 Å². The number of benzene rings is 1. The second kappa shape index (κ2) is 9.48. The molecule has 0 saturated carbocycles. The highest BCUT2D eigenvalue weighted by atomic mass is 79.9. The lowest BCUT2D eigenvalue weighted by Gasteiger charge is -2.14. The summed E-state index contributed by atoms with van der Waals surface area (Å²) in [6.07, 6.45) is 0.514. The lowest BCUT2D eigenvalue weighted by atomic mass is 10.3. The van der Waals surface area contributed by atoms with Gasteiger partial charge in [0.1, 0.15) is 10.8 Å². The first-order valence-corrected chi connectivity index (χ1v) is 11.1. The van der Waals surface area contributed by atoms with Gasteiger partial charge in [-0.1, -0.05) is 46.0 Å². The van der Waals surface area contributed by atoms with Crippen LogP contribution in [0.25, 0.3) is 0 Å². The first-order chi connectivity index (χ1) is 13.5. The Morgan fingerprint density at radius 1 is 1.29 bits per heavy atom. The number of hydrogen-bond donors (Lipinski definition) is 1. The van der Waals surface area contributed by atoms with Gasteiger partial charge in [0.25, 0.3) is 0 Å². The zero-order valence-corrected chi connectivity index (χ0v) is 18.8. The lowest BCUT2D eigenvalue weighted by Crippen LogP contribution is -2.14. The van der Waals surface area contributed by atoms with Crippen LogP contribution in [0.1, 0.15) is 30.8 Å². The maximum absolute atomic E-state index is 12.1. The number of aryl methyl sites for hydroxylation is 1. The molecule has 0 fully saturated rings. The second-order valence-electron chi connectivity index (χ2n) is 5.81. The molecule has 0 radical (unpaired) electrons. The Morgan fingerprint density at radius 3 is 2.71 bits per heavy atom. The van der Waals surface area contributed by atoms with E-state index in [1.165, 1.54) is 23.1 Å².